The van der Waals surface area contributed by atoms with Gasteiger partial charge in [0.25, 0.3) is 0 Å². The van der Waals surface area contributed by atoms with E-state index in [2.05, 4.69) is 34.6 Å². The molecule has 1 aliphatic heterocycles. The van der Waals surface area contributed by atoms with Gasteiger partial charge in [-0.1, -0.05) is 29.5 Å². The number of nitrogens with zero attached hydrogens (tertiary/aromatic N) is 4. The van der Waals surface area contributed by atoms with E-state index in [1.807, 2.05) is 4.90 Å². The third kappa shape index (κ3) is 3.11. The largest absolute Gasteiger partial charge is 0.340 e. The Morgan fingerprint density at radius 2 is 1.86 bits per heavy atom. The summed E-state index contributed by atoms with van der Waals surface area (Å²) in [6, 6.07) is 8.41. The quantitative estimate of drug-likeness (QED) is 0.883. The van der Waals surface area contributed by atoms with Crippen LogP contribution in [0, 0.1) is 0 Å². The molecule has 2 heterocycles. The summed E-state index contributed by atoms with van der Waals surface area (Å²) in [4.78, 5) is 14.3. The Morgan fingerprint density at radius 3 is 2.43 bits per heavy atom. The molecule has 1 amide bonds. The van der Waals surface area contributed by atoms with E-state index in [0.29, 0.717) is 12.2 Å². The van der Waals surface area contributed by atoms with E-state index in [1.54, 1.807) is 10.9 Å². The summed E-state index contributed by atoms with van der Waals surface area (Å²) in [5.41, 5.74) is 8.89. The molecule has 0 unspecified atom stereocenters. The molecular weight excluding hydrogens is 266 g/mol. The second kappa shape index (κ2) is 6.05. The minimum atomic E-state index is 0.0799. The maximum absolute atomic E-state index is 12.4. The molecule has 0 radical (unpaired) electrons. The summed E-state index contributed by atoms with van der Waals surface area (Å²) in [6.45, 7) is 2.08. The average molecular weight is 285 g/mol. The second-order valence-corrected chi connectivity index (χ2v) is 5.26. The number of carbonyl (C=O) groups is 1. The number of hydrogen-bond acceptors (Lipinski definition) is 4. The number of carbonyl (C=O) groups excluding carboxylic acids is 1. The zero-order chi connectivity index (χ0) is 14.7. The fourth-order valence-corrected chi connectivity index (χ4v) is 2.67. The summed E-state index contributed by atoms with van der Waals surface area (Å²) < 4.78 is 1.56. The van der Waals surface area contributed by atoms with Gasteiger partial charge in [0.1, 0.15) is 6.54 Å². The van der Waals surface area contributed by atoms with Crippen molar-refractivity contribution in [1.82, 2.24) is 19.9 Å². The van der Waals surface area contributed by atoms with E-state index in [1.165, 1.54) is 11.1 Å². The third-order valence-electron chi connectivity index (χ3n) is 3.87. The van der Waals surface area contributed by atoms with Crippen LogP contribution in [0.25, 0.3) is 0 Å². The Hall–Kier alpha value is -2.21. The van der Waals surface area contributed by atoms with Gasteiger partial charge in [-0.05, 0) is 24.0 Å². The van der Waals surface area contributed by atoms with Crippen molar-refractivity contribution in [3.63, 3.8) is 0 Å². The van der Waals surface area contributed by atoms with Crippen LogP contribution in [0.5, 0.6) is 0 Å². The Kier molecular flexibility index (Phi) is 3.96. The first kappa shape index (κ1) is 13.8. The van der Waals surface area contributed by atoms with Crippen LogP contribution in [0.1, 0.15) is 16.8 Å². The maximum Gasteiger partial charge on any atom is 0.244 e. The van der Waals surface area contributed by atoms with Crippen molar-refractivity contribution in [2.45, 2.75) is 25.9 Å². The predicted octanol–water partition coefficient (Wildman–Crippen LogP) is 0.364. The molecule has 21 heavy (non-hydrogen) atoms. The van der Waals surface area contributed by atoms with Crippen molar-refractivity contribution in [3.8, 4) is 0 Å². The van der Waals surface area contributed by atoms with Crippen LogP contribution in [0.15, 0.2) is 30.5 Å². The lowest BCUT2D eigenvalue weighted by Crippen LogP contribution is -2.36. The molecule has 0 bridgehead atoms. The smallest absolute Gasteiger partial charge is 0.244 e. The number of nitrogens with two attached hydrogens (primary N) is 1. The minimum Gasteiger partial charge on any atom is -0.340 e. The molecule has 6 nitrogen and oxygen atoms in total. The van der Waals surface area contributed by atoms with Gasteiger partial charge in [-0.15, -0.1) is 5.10 Å². The van der Waals surface area contributed by atoms with Gasteiger partial charge in [-0.2, -0.15) is 0 Å². The normalized spacial score (nSPS) is 14.6. The molecule has 0 saturated carbocycles. The molecule has 2 N–H and O–H groups in total. The van der Waals surface area contributed by atoms with Gasteiger partial charge >= 0.3 is 0 Å². The first-order valence-electron chi connectivity index (χ1n) is 7.20. The highest BCUT2D eigenvalue weighted by Crippen LogP contribution is 2.15. The number of fused-ring (bicyclic) bond motifs is 1. The highest BCUT2D eigenvalue weighted by molar-refractivity contribution is 5.76. The fraction of sp³-hybridized carbons (Fsp3) is 0.400. The molecule has 0 spiro atoms. The van der Waals surface area contributed by atoms with Gasteiger partial charge < -0.3 is 10.6 Å². The maximum atomic E-state index is 12.4. The highest BCUT2D eigenvalue weighted by Gasteiger charge is 2.18. The van der Waals surface area contributed by atoms with Gasteiger partial charge in [0.15, 0.2) is 0 Å². The minimum absolute atomic E-state index is 0.0799. The molecule has 0 fully saturated rings. The molecule has 1 aromatic carbocycles. The first-order valence-corrected chi connectivity index (χ1v) is 7.20. The van der Waals surface area contributed by atoms with Crippen molar-refractivity contribution in [2.24, 2.45) is 5.73 Å². The fourth-order valence-electron chi connectivity index (χ4n) is 2.67. The van der Waals surface area contributed by atoms with Crippen LogP contribution in [-0.4, -0.2) is 38.9 Å². The molecule has 1 aliphatic rings. The molecule has 0 saturated heterocycles. The van der Waals surface area contributed by atoms with Crippen molar-refractivity contribution in [2.75, 3.05) is 13.1 Å². The number of aromatic nitrogens is 3. The molecule has 6 heteroatoms. The zero-order valence-corrected chi connectivity index (χ0v) is 11.9. The van der Waals surface area contributed by atoms with Gasteiger partial charge in [-0.25, -0.2) is 4.68 Å². The number of amides is 1. The Labute approximate surface area is 123 Å². The molecule has 3 rings (SSSR count). The van der Waals surface area contributed by atoms with Crippen LogP contribution < -0.4 is 5.73 Å². The summed E-state index contributed by atoms with van der Waals surface area (Å²) in [6.07, 6.45) is 3.55. The topological polar surface area (TPSA) is 77.0 Å². The lowest BCUT2D eigenvalue weighted by molar-refractivity contribution is -0.131. The van der Waals surface area contributed by atoms with Crippen molar-refractivity contribution < 1.29 is 4.79 Å². The summed E-state index contributed by atoms with van der Waals surface area (Å²) in [5.74, 6) is 0.0799. The lowest BCUT2D eigenvalue weighted by Gasteiger charge is -2.19. The second-order valence-electron chi connectivity index (χ2n) is 5.26. The average Bonchev–Trinajstić information content (AvgIpc) is 2.84. The van der Waals surface area contributed by atoms with Crippen LogP contribution in [0.4, 0.5) is 0 Å². The number of hydrogen-bond donors (Lipinski definition) is 1. The summed E-state index contributed by atoms with van der Waals surface area (Å²) >= 11 is 0. The lowest BCUT2D eigenvalue weighted by atomic mass is 10.0. The predicted molar refractivity (Wildman–Crippen MR) is 78.3 cm³/mol. The van der Waals surface area contributed by atoms with Crippen molar-refractivity contribution in [1.29, 1.82) is 0 Å². The van der Waals surface area contributed by atoms with E-state index in [0.717, 1.165) is 25.9 Å². The SMILES string of the molecule is NCc1cn(CC(=O)N2CCc3ccccc3CC2)nn1. The van der Waals surface area contributed by atoms with Crippen molar-refractivity contribution >= 4 is 5.91 Å². The molecule has 2 aromatic rings. The molecule has 0 atom stereocenters. The van der Waals surface area contributed by atoms with Crippen LogP contribution in [0.2, 0.25) is 0 Å². The monoisotopic (exact) mass is 285 g/mol. The van der Waals surface area contributed by atoms with E-state index in [4.69, 9.17) is 5.73 Å². The highest BCUT2D eigenvalue weighted by atomic mass is 16.2. The Balaban J connectivity index is 1.64. The Bertz CT molecular complexity index is 609. The van der Waals surface area contributed by atoms with Crippen molar-refractivity contribution in [3.05, 3.63) is 47.3 Å². The molecule has 1 aromatic heterocycles. The standard InChI is InChI=1S/C15H19N5O/c16-9-14-10-20(18-17-14)11-15(21)19-7-5-12-3-1-2-4-13(12)6-8-19/h1-4,10H,5-9,11,16H2. The van der Waals surface area contributed by atoms with Crippen LogP contribution >= 0.6 is 0 Å². The molecular formula is C15H19N5O. The molecule has 110 valence electrons. The van der Waals surface area contributed by atoms with Gasteiger partial charge in [0, 0.05) is 19.6 Å². The van der Waals surface area contributed by atoms with Gasteiger partial charge in [0.2, 0.25) is 5.91 Å². The zero-order valence-electron chi connectivity index (χ0n) is 11.9. The van der Waals surface area contributed by atoms with Gasteiger partial charge in [0.05, 0.1) is 11.9 Å². The van der Waals surface area contributed by atoms with E-state index < -0.39 is 0 Å². The summed E-state index contributed by atoms with van der Waals surface area (Å²) in [7, 11) is 0. The van der Waals surface area contributed by atoms with E-state index in [-0.39, 0.29) is 12.5 Å². The van der Waals surface area contributed by atoms with E-state index in [9.17, 15) is 4.79 Å². The third-order valence-corrected chi connectivity index (χ3v) is 3.87. The first-order chi connectivity index (χ1) is 10.3. The molecule has 0 aliphatic carbocycles. The summed E-state index contributed by atoms with van der Waals surface area (Å²) in [5, 5.41) is 7.82. The van der Waals surface area contributed by atoms with Crippen LogP contribution in [-0.2, 0) is 30.7 Å². The number of benzene rings is 1. The van der Waals surface area contributed by atoms with E-state index >= 15 is 0 Å². The van der Waals surface area contributed by atoms with Gasteiger partial charge in [-0.3, -0.25) is 4.79 Å². The van der Waals surface area contributed by atoms with Crippen LogP contribution in [0.3, 0.4) is 0 Å². The Morgan fingerprint density at radius 1 is 1.19 bits per heavy atom. The number of rotatable bonds is 3.